The molecule has 2 aromatic rings. The van der Waals surface area contributed by atoms with Gasteiger partial charge in [-0.1, -0.05) is 34.1 Å². The Labute approximate surface area is 106 Å². The predicted octanol–water partition coefficient (Wildman–Crippen LogP) is 3.81. The zero-order valence-electron chi connectivity index (χ0n) is 8.70. The molecular formula is C13H9BrF2O. The van der Waals surface area contributed by atoms with Crippen molar-refractivity contribution in [1.82, 2.24) is 0 Å². The van der Waals surface area contributed by atoms with E-state index in [-0.39, 0.29) is 0 Å². The highest BCUT2D eigenvalue weighted by Crippen LogP contribution is 2.25. The van der Waals surface area contributed by atoms with Crippen molar-refractivity contribution < 1.29 is 13.9 Å². The molecule has 0 amide bonds. The monoisotopic (exact) mass is 298 g/mol. The summed E-state index contributed by atoms with van der Waals surface area (Å²) >= 11 is 3.28. The van der Waals surface area contributed by atoms with Crippen molar-refractivity contribution in [2.75, 3.05) is 0 Å². The van der Waals surface area contributed by atoms with E-state index in [9.17, 15) is 13.9 Å². The maximum atomic E-state index is 13.0. The first kappa shape index (κ1) is 12.2. The molecule has 0 fully saturated rings. The quantitative estimate of drug-likeness (QED) is 0.894. The van der Waals surface area contributed by atoms with Gasteiger partial charge in [-0.25, -0.2) is 8.78 Å². The van der Waals surface area contributed by atoms with Gasteiger partial charge in [0, 0.05) is 4.47 Å². The average molecular weight is 299 g/mol. The van der Waals surface area contributed by atoms with E-state index >= 15 is 0 Å². The molecule has 2 aromatic carbocycles. The van der Waals surface area contributed by atoms with Gasteiger partial charge in [0.1, 0.15) is 6.10 Å². The molecule has 0 radical (unpaired) electrons. The van der Waals surface area contributed by atoms with Crippen LogP contribution in [0.25, 0.3) is 0 Å². The molecule has 0 aliphatic heterocycles. The Morgan fingerprint density at radius 3 is 2.29 bits per heavy atom. The van der Waals surface area contributed by atoms with Crippen LogP contribution in [0, 0.1) is 11.6 Å². The Morgan fingerprint density at radius 1 is 0.941 bits per heavy atom. The highest BCUT2D eigenvalue weighted by atomic mass is 79.9. The van der Waals surface area contributed by atoms with Gasteiger partial charge in [-0.15, -0.1) is 0 Å². The first-order chi connectivity index (χ1) is 8.08. The fourth-order valence-electron chi connectivity index (χ4n) is 1.55. The molecule has 0 aromatic heterocycles. The second kappa shape index (κ2) is 4.94. The van der Waals surface area contributed by atoms with Crippen LogP contribution in [0.1, 0.15) is 17.2 Å². The number of aliphatic hydroxyl groups is 1. The molecule has 2 rings (SSSR count). The molecule has 0 spiro atoms. The Morgan fingerprint density at radius 2 is 1.65 bits per heavy atom. The number of hydrogen-bond donors (Lipinski definition) is 1. The summed E-state index contributed by atoms with van der Waals surface area (Å²) in [5, 5.41) is 10.0. The van der Waals surface area contributed by atoms with Gasteiger partial charge in [0.05, 0.1) is 0 Å². The fraction of sp³-hybridized carbons (Fsp3) is 0.0769. The van der Waals surface area contributed by atoms with Crippen molar-refractivity contribution >= 4 is 15.9 Å². The number of benzene rings is 2. The summed E-state index contributed by atoms with van der Waals surface area (Å²) in [6, 6.07) is 10.4. The highest BCUT2D eigenvalue weighted by Gasteiger charge is 2.13. The second-order valence-corrected chi connectivity index (χ2v) is 4.55. The zero-order valence-corrected chi connectivity index (χ0v) is 10.3. The maximum absolute atomic E-state index is 13.0. The van der Waals surface area contributed by atoms with Crippen LogP contribution in [0.15, 0.2) is 46.9 Å². The molecule has 0 heterocycles. The predicted molar refractivity (Wildman–Crippen MR) is 64.6 cm³/mol. The first-order valence-corrected chi connectivity index (χ1v) is 5.75. The van der Waals surface area contributed by atoms with Gasteiger partial charge in [-0.3, -0.25) is 0 Å². The topological polar surface area (TPSA) is 20.2 Å². The standard InChI is InChI=1S/C13H9BrF2O/c14-10-3-1-2-8(6-10)13(17)9-4-5-11(15)12(16)7-9/h1-7,13,17H/t13-/m0/s1. The van der Waals surface area contributed by atoms with E-state index in [2.05, 4.69) is 15.9 Å². The van der Waals surface area contributed by atoms with Gasteiger partial charge in [-0.05, 0) is 35.4 Å². The van der Waals surface area contributed by atoms with E-state index < -0.39 is 17.7 Å². The van der Waals surface area contributed by atoms with Gasteiger partial charge in [0.2, 0.25) is 0 Å². The van der Waals surface area contributed by atoms with Crippen molar-refractivity contribution in [3.8, 4) is 0 Å². The van der Waals surface area contributed by atoms with E-state index in [1.807, 2.05) is 6.07 Å². The number of aliphatic hydroxyl groups excluding tert-OH is 1. The fourth-order valence-corrected chi connectivity index (χ4v) is 1.97. The molecule has 88 valence electrons. The summed E-state index contributed by atoms with van der Waals surface area (Å²) in [6.45, 7) is 0. The van der Waals surface area contributed by atoms with Crippen molar-refractivity contribution in [3.05, 3.63) is 69.7 Å². The second-order valence-electron chi connectivity index (χ2n) is 3.63. The summed E-state index contributed by atoms with van der Waals surface area (Å²) in [5.74, 6) is -1.88. The van der Waals surface area contributed by atoms with Crippen LogP contribution in [0.3, 0.4) is 0 Å². The summed E-state index contributed by atoms with van der Waals surface area (Å²) in [4.78, 5) is 0. The SMILES string of the molecule is O[C@@H](c1cccc(Br)c1)c1ccc(F)c(F)c1. The van der Waals surface area contributed by atoms with Gasteiger partial charge >= 0.3 is 0 Å². The van der Waals surface area contributed by atoms with Gasteiger partial charge in [0.25, 0.3) is 0 Å². The summed E-state index contributed by atoms with van der Waals surface area (Å²) in [5.41, 5.74) is 0.937. The third-order valence-electron chi connectivity index (χ3n) is 2.42. The summed E-state index contributed by atoms with van der Waals surface area (Å²) in [6.07, 6.45) is -0.970. The van der Waals surface area contributed by atoms with Crippen LogP contribution >= 0.6 is 15.9 Å². The number of hydrogen-bond acceptors (Lipinski definition) is 1. The van der Waals surface area contributed by atoms with Crippen molar-refractivity contribution in [2.24, 2.45) is 0 Å². The Balaban J connectivity index is 2.36. The summed E-state index contributed by atoms with van der Waals surface area (Å²) < 4.78 is 26.6. The minimum atomic E-state index is -0.970. The third-order valence-corrected chi connectivity index (χ3v) is 2.92. The van der Waals surface area contributed by atoms with Crippen LogP contribution in [0.5, 0.6) is 0 Å². The average Bonchev–Trinajstić information content (AvgIpc) is 2.32. The maximum Gasteiger partial charge on any atom is 0.159 e. The van der Waals surface area contributed by atoms with Crippen LogP contribution in [0.2, 0.25) is 0 Å². The normalized spacial score (nSPS) is 12.5. The van der Waals surface area contributed by atoms with E-state index in [1.54, 1.807) is 18.2 Å². The summed E-state index contributed by atoms with van der Waals surface area (Å²) in [7, 11) is 0. The van der Waals surface area contributed by atoms with Gasteiger partial charge < -0.3 is 5.11 Å². The number of halogens is 3. The molecule has 0 saturated carbocycles. The van der Waals surface area contributed by atoms with Crippen LogP contribution < -0.4 is 0 Å². The van der Waals surface area contributed by atoms with Crippen molar-refractivity contribution in [1.29, 1.82) is 0 Å². The van der Waals surface area contributed by atoms with Gasteiger partial charge in [0.15, 0.2) is 11.6 Å². The smallest absolute Gasteiger partial charge is 0.159 e. The van der Waals surface area contributed by atoms with Crippen molar-refractivity contribution in [3.63, 3.8) is 0 Å². The van der Waals surface area contributed by atoms with E-state index in [0.29, 0.717) is 11.1 Å². The largest absolute Gasteiger partial charge is 0.384 e. The molecular weight excluding hydrogens is 290 g/mol. The Kier molecular flexibility index (Phi) is 3.54. The van der Waals surface area contributed by atoms with E-state index in [1.165, 1.54) is 6.07 Å². The lowest BCUT2D eigenvalue weighted by Crippen LogP contribution is -2.00. The molecule has 0 aliphatic rings. The Bertz CT molecular complexity index is 543. The molecule has 1 atom stereocenters. The third kappa shape index (κ3) is 2.70. The lowest BCUT2D eigenvalue weighted by molar-refractivity contribution is 0.219. The van der Waals surface area contributed by atoms with Gasteiger partial charge in [-0.2, -0.15) is 0 Å². The van der Waals surface area contributed by atoms with E-state index in [4.69, 9.17) is 0 Å². The Hall–Kier alpha value is -1.26. The molecule has 4 heteroatoms. The molecule has 0 saturated heterocycles. The molecule has 0 aliphatic carbocycles. The van der Waals surface area contributed by atoms with E-state index in [0.717, 1.165) is 16.6 Å². The molecule has 0 bridgehead atoms. The van der Waals surface area contributed by atoms with Crippen LogP contribution in [-0.4, -0.2) is 5.11 Å². The van der Waals surface area contributed by atoms with Crippen molar-refractivity contribution in [2.45, 2.75) is 6.10 Å². The molecule has 1 N–H and O–H groups in total. The van der Waals surface area contributed by atoms with Crippen LogP contribution in [0.4, 0.5) is 8.78 Å². The molecule has 17 heavy (non-hydrogen) atoms. The molecule has 1 nitrogen and oxygen atoms in total. The minimum absolute atomic E-state index is 0.321. The first-order valence-electron chi connectivity index (χ1n) is 4.96. The lowest BCUT2D eigenvalue weighted by Gasteiger charge is -2.12. The minimum Gasteiger partial charge on any atom is -0.384 e. The lowest BCUT2D eigenvalue weighted by atomic mass is 10.0. The van der Waals surface area contributed by atoms with Crippen LogP contribution in [-0.2, 0) is 0 Å². The highest BCUT2D eigenvalue weighted by molar-refractivity contribution is 9.10. The number of rotatable bonds is 2. The molecule has 0 unspecified atom stereocenters. The zero-order chi connectivity index (χ0) is 12.4.